The maximum Gasteiger partial charge on any atom is 0.162 e. The van der Waals surface area contributed by atoms with E-state index in [0.717, 1.165) is 22.1 Å². The van der Waals surface area contributed by atoms with Crippen molar-refractivity contribution in [1.29, 1.82) is 0 Å². The number of hydrogen-bond donors (Lipinski definition) is 0. The quantitative estimate of drug-likeness (QED) is 0.749. The maximum atomic E-state index is 11.6. The molecule has 1 aromatic carbocycles. The van der Waals surface area contributed by atoms with Gasteiger partial charge in [-0.3, -0.25) is 4.79 Å². The minimum Gasteiger partial charge on any atom is -0.369 e. The largest absolute Gasteiger partial charge is 0.369 e. The average Bonchev–Trinajstić information content (AvgIpc) is 2.83. The lowest BCUT2D eigenvalue weighted by atomic mass is 10.1. The molecule has 0 aliphatic rings. The normalized spacial score (nSPS) is 10.5. The SMILES string of the molecule is CCC(=O)c1ccc(N(C)Cc2ccc(Cl)s2)cc1. The highest BCUT2D eigenvalue weighted by Gasteiger charge is 2.06. The number of nitrogens with zero attached hydrogens (tertiary/aromatic N) is 1. The van der Waals surface area contributed by atoms with E-state index >= 15 is 0 Å². The highest BCUT2D eigenvalue weighted by atomic mass is 35.5. The molecule has 19 heavy (non-hydrogen) atoms. The van der Waals surface area contributed by atoms with E-state index in [4.69, 9.17) is 11.6 Å². The van der Waals surface area contributed by atoms with E-state index in [1.807, 2.05) is 50.4 Å². The molecule has 0 aliphatic carbocycles. The lowest BCUT2D eigenvalue weighted by Gasteiger charge is -2.18. The van der Waals surface area contributed by atoms with Crippen LogP contribution in [0.4, 0.5) is 5.69 Å². The monoisotopic (exact) mass is 293 g/mol. The number of benzene rings is 1. The molecule has 100 valence electrons. The molecular weight excluding hydrogens is 278 g/mol. The zero-order valence-electron chi connectivity index (χ0n) is 11.0. The minimum absolute atomic E-state index is 0.180. The Labute approximate surface area is 122 Å². The molecule has 2 aromatic rings. The first-order valence-corrected chi connectivity index (χ1v) is 7.38. The van der Waals surface area contributed by atoms with Crippen LogP contribution in [0.15, 0.2) is 36.4 Å². The minimum atomic E-state index is 0.180. The summed E-state index contributed by atoms with van der Waals surface area (Å²) in [4.78, 5) is 14.9. The Bertz CT molecular complexity index is 562. The van der Waals surface area contributed by atoms with Gasteiger partial charge in [-0.05, 0) is 36.4 Å². The second kappa shape index (κ2) is 6.22. The van der Waals surface area contributed by atoms with E-state index in [0.29, 0.717) is 6.42 Å². The van der Waals surface area contributed by atoms with Crippen LogP contribution in [-0.4, -0.2) is 12.8 Å². The summed E-state index contributed by atoms with van der Waals surface area (Å²) in [5.74, 6) is 0.180. The Morgan fingerprint density at radius 3 is 2.42 bits per heavy atom. The summed E-state index contributed by atoms with van der Waals surface area (Å²) < 4.78 is 0.812. The number of anilines is 1. The molecule has 0 atom stereocenters. The number of Topliss-reactive ketones (excluding diaryl/α,β-unsaturated/α-hetero) is 1. The van der Waals surface area contributed by atoms with E-state index in [2.05, 4.69) is 4.90 Å². The van der Waals surface area contributed by atoms with Gasteiger partial charge in [-0.1, -0.05) is 18.5 Å². The van der Waals surface area contributed by atoms with E-state index in [-0.39, 0.29) is 5.78 Å². The van der Waals surface area contributed by atoms with Gasteiger partial charge in [0.1, 0.15) is 0 Å². The number of halogens is 1. The van der Waals surface area contributed by atoms with E-state index in [1.54, 1.807) is 11.3 Å². The zero-order valence-corrected chi connectivity index (χ0v) is 12.6. The van der Waals surface area contributed by atoms with Gasteiger partial charge in [0.05, 0.1) is 10.9 Å². The fraction of sp³-hybridized carbons (Fsp3) is 0.267. The van der Waals surface area contributed by atoms with Gasteiger partial charge < -0.3 is 4.90 Å². The van der Waals surface area contributed by atoms with Crippen molar-refractivity contribution >= 4 is 34.4 Å². The number of thiophene rings is 1. The molecule has 0 bridgehead atoms. The fourth-order valence-electron chi connectivity index (χ4n) is 1.87. The molecule has 0 aliphatic heterocycles. The Morgan fingerprint density at radius 2 is 1.89 bits per heavy atom. The Hall–Kier alpha value is -1.32. The van der Waals surface area contributed by atoms with Crippen LogP contribution in [-0.2, 0) is 6.54 Å². The molecule has 0 saturated carbocycles. The van der Waals surface area contributed by atoms with Gasteiger partial charge in [0.2, 0.25) is 0 Å². The topological polar surface area (TPSA) is 20.3 Å². The van der Waals surface area contributed by atoms with Crippen LogP contribution in [0.5, 0.6) is 0 Å². The first-order chi connectivity index (χ1) is 9.10. The van der Waals surface area contributed by atoms with Crippen molar-refractivity contribution in [3.8, 4) is 0 Å². The molecule has 1 heterocycles. The highest BCUT2D eigenvalue weighted by molar-refractivity contribution is 7.16. The standard InChI is InChI=1S/C15H16ClNOS/c1-3-14(18)11-4-6-12(7-5-11)17(2)10-13-8-9-15(16)19-13/h4-9H,3,10H2,1-2H3. The van der Waals surface area contributed by atoms with Gasteiger partial charge in [-0.2, -0.15) is 0 Å². The maximum absolute atomic E-state index is 11.6. The van der Waals surface area contributed by atoms with Crippen LogP contribution in [0.3, 0.4) is 0 Å². The van der Waals surface area contributed by atoms with E-state index < -0.39 is 0 Å². The summed E-state index contributed by atoms with van der Waals surface area (Å²) in [7, 11) is 2.03. The molecule has 0 fully saturated rings. The molecule has 0 N–H and O–H groups in total. The van der Waals surface area contributed by atoms with Crippen LogP contribution < -0.4 is 4.90 Å². The molecular formula is C15H16ClNOS. The summed E-state index contributed by atoms with van der Waals surface area (Å²) in [5, 5.41) is 0. The lowest BCUT2D eigenvalue weighted by molar-refractivity contribution is 0.0988. The van der Waals surface area contributed by atoms with Crippen molar-refractivity contribution in [1.82, 2.24) is 0 Å². The molecule has 0 unspecified atom stereocenters. The molecule has 0 radical (unpaired) electrons. The summed E-state index contributed by atoms with van der Waals surface area (Å²) in [5.41, 5.74) is 1.87. The average molecular weight is 294 g/mol. The Morgan fingerprint density at radius 1 is 1.21 bits per heavy atom. The number of ketones is 1. The van der Waals surface area contributed by atoms with Crippen molar-refractivity contribution in [2.45, 2.75) is 19.9 Å². The summed E-state index contributed by atoms with van der Waals surface area (Å²) in [6, 6.07) is 11.7. The van der Waals surface area contributed by atoms with Crippen LogP contribution in [0.25, 0.3) is 0 Å². The van der Waals surface area contributed by atoms with Crippen molar-refractivity contribution in [2.75, 3.05) is 11.9 Å². The zero-order chi connectivity index (χ0) is 13.8. The van der Waals surface area contributed by atoms with Gasteiger partial charge >= 0.3 is 0 Å². The highest BCUT2D eigenvalue weighted by Crippen LogP contribution is 2.24. The Balaban J connectivity index is 2.07. The fourth-order valence-corrected chi connectivity index (χ4v) is 3.01. The molecule has 2 nitrogen and oxygen atoms in total. The first-order valence-electron chi connectivity index (χ1n) is 6.18. The lowest BCUT2D eigenvalue weighted by Crippen LogP contribution is -2.15. The molecule has 4 heteroatoms. The van der Waals surface area contributed by atoms with Crippen LogP contribution in [0.2, 0.25) is 4.34 Å². The summed E-state index contributed by atoms with van der Waals surface area (Å²) in [6.07, 6.45) is 0.545. The third kappa shape index (κ3) is 3.58. The predicted molar refractivity (Wildman–Crippen MR) is 82.5 cm³/mol. The van der Waals surface area contributed by atoms with E-state index in [1.165, 1.54) is 4.88 Å². The van der Waals surface area contributed by atoms with Crippen molar-refractivity contribution < 1.29 is 4.79 Å². The summed E-state index contributed by atoms with van der Waals surface area (Å²) >= 11 is 7.52. The Kier molecular flexibility index (Phi) is 4.61. The van der Waals surface area contributed by atoms with Gasteiger partial charge in [0.15, 0.2) is 5.78 Å². The number of carbonyl (C=O) groups is 1. The predicted octanol–water partition coefficient (Wildman–Crippen LogP) is 4.63. The van der Waals surface area contributed by atoms with E-state index in [9.17, 15) is 4.79 Å². The van der Waals surface area contributed by atoms with Gasteiger partial charge in [-0.25, -0.2) is 0 Å². The molecule has 1 aromatic heterocycles. The smallest absolute Gasteiger partial charge is 0.162 e. The van der Waals surface area contributed by atoms with Gasteiger partial charge in [0, 0.05) is 29.6 Å². The number of hydrogen-bond acceptors (Lipinski definition) is 3. The first kappa shape index (κ1) is 14.1. The molecule has 0 amide bonds. The second-order valence-electron chi connectivity index (χ2n) is 4.39. The number of rotatable bonds is 5. The van der Waals surface area contributed by atoms with Gasteiger partial charge in [0.25, 0.3) is 0 Å². The third-order valence-corrected chi connectivity index (χ3v) is 4.19. The molecule has 2 rings (SSSR count). The molecule has 0 spiro atoms. The third-order valence-electron chi connectivity index (χ3n) is 2.97. The van der Waals surface area contributed by atoms with Crippen molar-refractivity contribution in [3.05, 3.63) is 51.2 Å². The molecule has 0 saturated heterocycles. The summed E-state index contributed by atoms with van der Waals surface area (Å²) in [6.45, 7) is 2.70. The van der Waals surface area contributed by atoms with Crippen LogP contribution >= 0.6 is 22.9 Å². The van der Waals surface area contributed by atoms with Crippen molar-refractivity contribution in [3.63, 3.8) is 0 Å². The van der Waals surface area contributed by atoms with Crippen molar-refractivity contribution in [2.24, 2.45) is 0 Å². The van der Waals surface area contributed by atoms with Gasteiger partial charge in [-0.15, -0.1) is 11.3 Å². The second-order valence-corrected chi connectivity index (χ2v) is 6.19. The van der Waals surface area contributed by atoms with Crippen LogP contribution in [0.1, 0.15) is 28.6 Å². The number of carbonyl (C=O) groups excluding carboxylic acids is 1. The van der Waals surface area contributed by atoms with Crippen LogP contribution in [0, 0.1) is 0 Å².